The van der Waals surface area contributed by atoms with Gasteiger partial charge in [-0.1, -0.05) is 6.92 Å². The number of nitrogens with one attached hydrogen (secondary N) is 1. The molecule has 0 amide bonds. The van der Waals surface area contributed by atoms with Crippen molar-refractivity contribution >= 4 is 16.5 Å². The van der Waals surface area contributed by atoms with Crippen LogP contribution in [0.5, 0.6) is 0 Å². The van der Waals surface area contributed by atoms with Crippen LogP contribution in [0, 0.1) is 0 Å². The zero-order valence-electron chi connectivity index (χ0n) is 12.6. The Morgan fingerprint density at radius 3 is 2.30 bits per heavy atom. The Morgan fingerprint density at radius 1 is 1.25 bits per heavy atom. The number of aromatic nitrogens is 1. The van der Waals surface area contributed by atoms with Gasteiger partial charge in [0.2, 0.25) is 0 Å². The zero-order chi connectivity index (χ0) is 15.6. The maximum absolute atomic E-state index is 12.4. The molecule has 0 radical (unpaired) electrons. The van der Waals surface area contributed by atoms with Crippen LogP contribution < -0.4 is 10.2 Å². The Morgan fingerprint density at radius 2 is 1.85 bits per heavy atom. The number of alkyl halides is 3. The quantitative estimate of drug-likeness (QED) is 0.901. The third-order valence-corrected chi connectivity index (χ3v) is 3.84. The molecular formula is C13H22F3N3S. The Hall–Kier alpha value is -0.820. The Bertz CT molecular complexity index is 435. The van der Waals surface area contributed by atoms with Gasteiger partial charge in [0.25, 0.3) is 0 Å². The molecule has 0 aliphatic carbocycles. The molecule has 1 aromatic rings. The van der Waals surface area contributed by atoms with Crippen molar-refractivity contribution in [1.82, 2.24) is 10.3 Å². The SMILES string of the molecule is CCc1nc(N(C)CC(F)(F)F)sc1CNC(C)(C)C. The average Bonchev–Trinajstić information content (AvgIpc) is 2.66. The molecule has 1 heterocycles. The Balaban J connectivity index is 2.83. The molecule has 0 spiro atoms. The fraction of sp³-hybridized carbons (Fsp3) is 0.769. The number of anilines is 1. The summed E-state index contributed by atoms with van der Waals surface area (Å²) in [4.78, 5) is 6.48. The number of halogens is 3. The monoisotopic (exact) mass is 309 g/mol. The molecule has 20 heavy (non-hydrogen) atoms. The van der Waals surface area contributed by atoms with E-state index in [1.54, 1.807) is 0 Å². The van der Waals surface area contributed by atoms with Gasteiger partial charge in [-0.05, 0) is 27.2 Å². The van der Waals surface area contributed by atoms with Gasteiger partial charge in [-0.3, -0.25) is 0 Å². The summed E-state index contributed by atoms with van der Waals surface area (Å²) in [6.45, 7) is 7.77. The van der Waals surface area contributed by atoms with Crippen LogP contribution in [0.2, 0.25) is 0 Å². The fourth-order valence-electron chi connectivity index (χ4n) is 1.63. The van der Waals surface area contributed by atoms with Crippen molar-refractivity contribution in [2.24, 2.45) is 0 Å². The van der Waals surface area contributed by atoms with Crippen LogP contribution in [0.3, 0.4) is 0 Å². The highest BCUT2D eigenvalue weighted by molar-refractivity contribution is 7.15. The van der Waals surface area contributed by atoms with Crippen molar-refractivity contribution in [2.45, 2.75) is 52.4 Å². The van der Waals surface area contributed by atoms with Gasteiger partial charge in [-0.15, -0.1) is 11.3 Å². The normalized spacial score (nSPS) is 12.8. The van der Waals surface area contributed by atoms with Crippen LogP contribution >= 0.6 is 11.3 Å². The third-order valence-electron chi connectivity index (χ3n) is 2.62. The fourth-order valence-corrected chi connectivity index (χ4v) is 2.68. The highest BCUT2D eigenvalue weighted by atomic mass is 32.1. The van der Waals surface area contributed by atoms with E-state index >= 15 is 0 Å². The van der Waals surface area contributed by atoms with E-state index in [-0.39, 0.29) is 5.54 Å². The van der Waals surface area contributed by atoms with Crippen LogP contribution in [0.25, 0.3) is 0 Å². The van der Waals surface area contributed by atoms with Crippen molar-refractivity contribution in [3.05, 3.63) is 10.6 Å². The molecule has 1 rings (SSSR count). The van der Waals surface area contributed by atoms with Gasteiger partial charge in [0.15, 0.2) is 5.13 Å². The molecule has 0 unspecified atom stereocenters. The minimum Gasteiger partial charge on any atom is -0.342 e. The summed E-state index contributed by atoms with van der Waals surface area (Å²) in [5, 5.41) is 3.76. The Kier molecular flexibility index (Phi) is 5.43. The van der Waals surface area contributed by atoms with E-state index in [4.69, 9.17) is 0 Å². The first-order valence-corrected chi connectivity index (χ1v) is 7.35. The van der Waals surface area contributed by atoms with Crippen LogP contribution in [-0.4, -0.2) is 30.3 Å². The summed E-state index contributed by atoms with van der Waals surface area (Å²) in [7, 11) is 1.42. The number of aryl methyl sites for hydroxylation is 1. The Labute approximate surface area is 122 Å². The summed E-state index contributed by atoms with van der Waals surface area (Å²) >= 11 is 1.33. The number of nitrogens with zero attached hydrogens (tertiary/aromatic N) is 2. The van der Waals surface area contributed by atoms with E-state index in [0.717, 1.165) is 21.9 Å². The van der Waals surface area contributed by atoms with Gasteiger partial charge in [0, 0.05) is 24.0 Å². The maximum atomic E-state index is 12.4. The van der Waals surface area contributed by atoms with Gasteiger partial charge in [-0.2, -0.15) is 13.2 Å². The third kappa shape index (κ3) is 5.66. The smallest absolute Gasteiger partial charge is 0.342 e. The lowest BCUT2D eigenvalue weighted by molar-refractivity contribution is -0.119. The van der Waals surface area contributed by atoms with Crippen molar-refractivity contribution in [3.63, 3.8) is 0 Å². The molecule has 116 valence electrons. The lowest BCUT2D eigenvalue weighted by Crippen LogP contribution is -2.35. The van der Waals surface area contributed by atoms with Crippen LogP contribution in [0.15, 0.2) is 0 Å². The van der Waals surface area contributed by atoms with Crippen LogP contribution in [-0.2, 0) is 13.0 Å². The largest absolute Gasteiger partial charge is 0.405 e. The molecular weight excluding hydrogens is 287 g/mol. The first-order valence-electron chi connectivity index (χ1n) is 6.53. The van der Waals surface area contributed by atoms with Crippen molar-refractivity contribution < 1.29 is 13.2 Å². The topological polar surface area (TPSA) is 28.2 Å². The second kappa shape index (κ2) is 6.30. The molecule has 0 aliphatic rings. The van der Waals surface area contributed by atoms with E-state index in [2.05, 4.69) is 31.1 Å². The van der Waals surface area contributed by atoms with Crippen LogP contribution in [0.1, 0.15) is 38.3 Å². The van der Waals surface area contributed by atoms with Crippen molar-refractivity contribution in [2.75, 3.05) is 18.5 Å². The van der Waals surface area contributed by atoms with Gasteiger partial charge in [0.1, 0.15) is 6.54 Å². The molecule has 0 saturated heterocycles. The molecule has 0 aromatic carbocycles. The lowest BCUT2D eigenvalue weighted by Gasteiger charge is -2.20. The number of thiazole rings is 1. The number of rotatable bonds is 5. The summed E-state index contributed by atoms with van der Waals surface area (Å²) < 4.78 is 37.2. The average molecular weight is 309 g/mol. The molecule has 1 N–H and O–H groups in total. The van der Waals surface area contributed by atoms with E-state index in [1.807, 2.05) is 6.92 Å². The number of hydrogen-bond acceptors (Lipinski definition) is 4. The van der Waals surface area contributed by atoms with Gasteiger partial charge in [-0.25, -0.2) is 4.98 Å². The lowest BCUT2D eigenvalue weighted by atomic mass is 10.1. The zero-order valence-corrected chi connectivity index (χ0v) is 13.4. The minimum atomic E-state index is -4.21. The molecule has 0 aliphatic heterocycles. The molecule has 0 fully saturated rings. The summed E-state index contributed by atoms with van der Waals surface area (Å²) in [5.41, 5.74) is 0.836. The second-order valence-electron chi connectivity index (χ2n) is 5.79. The van der Waals surface area contributed by atoms with Gasteiger partial charge in [0.05, 0.1) is 5.69 Å². The molecule has 0 saturated carbocycles. The first-order chi connectivity index (χ1) is 9.02. The van der Waals surface area contributed by atoms with E-state index in [9.17, 15) is 13.2 Å². The summed E-state index contributed by atoms with van der Waals surface area (Å²) in [6.07, 6.45) is -3.49. The standard InChI is InChI=1S/C13H22F3N3S/c1-6-9-10(7-17-12(2,3)4)20-11(18-9)19(5)8-13(14,15)16/h17H,6-8H2,1-5H3. The molecule has 1 aromatic heterocycles. The van der Waals surface area contributed by atoms with E-state index < -0.39 is 12.7 Å². The molecule has 0 bridgehead atoms. The van der Waals surface area contributed by atoms with Crippen molar-refractivity contribution in [3.8, 4) is 0 Å². The summed E-state index contributed by atoms with van der Waals surface area (Å²) in [6, 6.07) is 0. The van der Waals surface area contributed by atoms with E-state index in [0.29, 0.717) is 11.7 Å². The van der Waals surface area contributed by atoms with E-state index in [1.165, 1.54) is 18.4 Å². The predicted octanol–water partition coefficient (Wildman–Crippen LogP) is 3.59. The maximum Gasteiger partial charge on any atom is 0.405 e. The molecule has 3 nitrogen and oxygen atoms in total. The van der Waals surface area contributed by atoms with Crippen LogP contribution in [0.4, 0.5) is 18.3 Å². The predicted molar refractivity (Wildman–Crippen MR) is 77.4 cm³/mol. The molecule has 0 atom stereocenters. The summed E-state index contributed by atoms with van der Waals surface area (Å²) in [5.74, 6) is 0. The number of hydrogen-bond donors (Lipinski definition) is 1. The highest BCUT2D eigenvalue weighted by Crippen LogP contribution is 2.28. The van der Waals surface area contributed by atoms with Crippen molar-refractivity contribution in [1.29, 1.82) is 0 Å². The van der Waals surface area contributed by atoms with Gasteiger partial charge < -0.3 is 10.2 Å². The highest BCUT2D eigenvalue weighted by Gasteiger charge is 2.30. The van der Waals surface area contributed by atoms with Gasteiger partial charge >= 0.3 is 6.18 Å². The minimum absolute atomic E-state index is 0.0347. The second-order valence-corrected chi connectivity index (χ2v) is 6.86. The first kappa shape index (κ1) is 17.2. The molecule has 7 heteroatoms.